The van der Waals surface area contributed by atoms with Gasteiger partial charge in [0.2, 0.25) is 0 Å². The molecule has 8 N–H and O–H groups in total. The highest BCUT2D eigenvalue weighted by Crippen LogP contribution is 2.08. The molecule has 0 aliphatic carbocycles. The average Bonchev–Trinajstić information content (AvgIpc) is 2.05. The zero-order valence-electron chi connectivity index (χ0n) is 9.83. The number of aliphatic hydroxyl groups is 2. The minimum absolute atomic E-state index is 0.0833. The van der Waals surface area contributed by atoms with Crippen LogP contribution in [0.1, 0.15) is 27.7 Å². The third kappa shape index (κ3) is 40.9. The number of hydrogen-bond acceptors (Lipinski definition) is 5. The van der Waals surface area contributed by atoms with Crippen LogP contribution in [0.3, 0.4) is 0 Å². The maximum atomic E-state index is 8.51. The molecule has 0 heterocycles. The molecular weight excluding hydrogens is 182 g/mol. The molecule has 5 heteroatoms. The van der Waals surface area contributed by atoms with Crippen molar-refractivity contribution in [2.75, 3.05) is 19.7 Å². The van der Waals surface area contributed by atoms with Gasteiger partial charge in [-0.3, -0.25) is 0 Å². The van der Waals surface area contributed by atoms with Gasteiger partial charge in [0.15, 0.2) is 0 Å². The van der Waals surface area contributed by atoms with E-state index < -0.39 is 6.23 Å². The minimum atomic E-state index is -0.667. The first-order chi connectivity index (χ1) is 6.27. The third-order valence-electron chi connectivity index (χ3n) is 0.981. The van der Waals surface area contributed by atoms with E-state index >= 15 is 0 Å². The summed E-state index contributed by atoms with van der Waals surface area (Å²) in [5.41, 5.74) is 14.7. The van der Waals surface area contributed by atoms with Crippen molar-refractivity contribution >= 4 is 0 Å². The Morgan fingerprint density at radius 3 is 1.50 bits per heavy atom. The molecule has 0 aliphatic heterocycles. The van der Waals surface area contributed by atoms with Gasteiger partial charge in [0.05, 0.1) is 6.23 Å². The lowest BCUT2D eigenvalue weighted by Gasteiger charge is -2.17. The van der Waals surface area contributed by atoms with Crippen molar-refractivity contribution in [1.29, 1.82) is 0 Å². The first-order valence-corrected chi connectivity index (χ1v) is 4.72. The number of rotatable bonds is 2. The quantitative estimate of drug-likeness (QED) is 0.382. The summed E-state index contributed by atoms with van der Waals surface area (Å²) in [5, 5.41) is 16.3. The van der Waals surface area contributed by atoms with Crippen LogP contribution >= 0.6 is 0 Å². The minimum Gasteiger partial charge on any atom is -0.396 e. The number of hydrogen-bond donors (Lipinski definition) is 5. The Morgan fingerprint density at radius 1 is 1.29 bits per heavy atom. The molecule has 0 saturated carbocycles. The Labute approximate surface area is 87.3 Å². The van der Waals surface area contributed by atoms with Crippen molar-refractivity contribution in [2.24, 2.45) is 22.6 Å². The van der Waals surface area contributed by atoms with Gasteiger partial charge in [0.1, 0.15) is 0 Å². The monoisotopic (exact) mass is 209 g/mol. The Balaban J connectivity index is -0.000000147. The Kier molecular flexibility index (Phi) is 17.7. The summed E-state index contributed by atoms with van der Waals surface area (Å²) in [4.78, 5) is 0. The summed E-state index contributed by atoms with van der Waals surface area (Å²) < 4.78 is 0. The summed E-state index contributed by atoms with van der Waals surface area (Å²) in [6.07, 6.45) is -0.667. The molecule has 0 radical (unpaired) electrons. The van der Waals surface area contributed by atoms with E-state index in [9.17, 15) is 0 Å². The molecule has 0 aromatic carbocycles. The third-order valence-corrected chi connectivity index (χ3v) is 0.981. The van der Waals surface area contributed by atoms with Gasteiger partial charge in [0.25, 0.3) is 0 Å². The first-order valence-electron chi connectivity index (χ1n) is 4.72. The van der Waals surface area contributed by atoms with Gasteiger partial charge in [-0.2, -0.15) is 0 Å². The maximum Gasteiger partial charge on any atom is 0.0991 e. The van der Waals surface area contributed by atoms with Crippen LogP contribution in [0.15, 0.2) is 0 Å². The van der Waals surface area contributed by atoms with Crippen LogP contribution in [-0.4, -0.2) is 36.1 Å². The zero-order chi connectivity index (χ0) is 12.2. The molecule has 1 atom stereocenters. The summed E-state index contributed by atoms with van der Waals surface area (Å²) >= 11 is 0. The van der Waals surface area contributed by atoms with Crippen LogP contribution in [-0.2, 0) is 0 Å². The maximum absolute atomic E-state index is 8.51. The molecule has 0 aliphatic rings. The predicted octanol–water partition coefficient (Wildman–Crippen LogP) is -0.788. The van der Waals surface area contributed by atoms with Crippen molar-refractivity contribution in [3.63, 3.8) is 0 Å². The lowest BCUT2D eigenvalue weighted by molar-refractivity contribution is 0.167. The Hall–Kier alpha value is -0.200. The number of nitrogens with two attached hydrogens (primary N) is 3. The van der Waals surface area contributed by atoms with E-state index in [2.05, 4.69) is 5.73 Å². The van der Waals surface area contributed by atoms with E-state index in [1.807, 2.05) is 20.8 Å². The van der Waals surface area contributed by atoms with Gasteiger partial charge in [-0.25, -0.2) is 0 Å². The van der Waals surface area contributed by atoms with Crippen molar-refractivity contribution in [3.05, 3.63) is 0 Å². The molecule has 0 rings (SSSR count). The number of aliphatic hydroxyl groups excluding tert-OH is 2. The lowest BCUT2D eigenvalue weighted by atomic mass is 9.96. The van der Waals surface area contributed by atoms with E-state index in [-0.39, 0.29) is 12.0 Å². The Bertz CT molecular complexity index is 89.3. The fraction of sp³-hybridized carbons (Fsp3) is 1.00. The van der Waals surface area contributed by atoms with Crippen molar-refractivity contribution in [2.45, 2.75) is 33.9 Å². The van der Waals surface area contributed by atoms with Crippen LogP contribution in [0.4, 0.5) is 0 Å². The van der Waals surface area contributed by atoms with Gasteiger partial charge in [-0.05, 0) is 20.0 Å². The van der Waals surface area contributed by atoms with Gasteiger partial charge < -0.3 is 27.4 Å². The van der Waals surface area contributed by atoms with Gasteiger partial charge in [-0.1, -0.05) is 20.8 Å². The van der Waals surface area contributed by atoms with Crippen LogP contribution in [0, 0.1) is 5.41 Å². The van der Waals surface area contributed by atoms with E-state index in [1.54, 1.807) is 0 Å². The second-order valence-corrected chi connectivity index (χ2v) is 3.68. The van der Waals surface area contributed by atoms with E-state index in [0.29, 0.717) is 6.54 Å². The fourth-order valence-corrected chi connectivity index (χ4v) is 0.0645. The molecule has 0 spiro atoms. The second kappa shape index (κ2) is 12.8. The molecule has 0 saturated heterocycles. The normalized spacial score (nSPS) is 11.8. The Morgan fingerprint density at radius 2 is 1.50 bits per heavy atom. The molecule has 1 unspecified atom stereocenters. The van der Waals surface area contributed by atoms with E-state index in [1.165, 1.54) is 6.92 Å². The van der Waals surface area contributed by atoms with Crippen LogP contribution in [0.5, 0.6) is 0 Å². The molecular formula is C9H27N3O2. The van der Waals surface area contributed by atoms with Crippen LogP contribution in [0.2, 0.25) is 0 Å². The molecule has 0 aromatic rings. The van der Waals surface area contributed by atoms with Gasteiger partial charge in [-0.15, -0.1) is 0 Å². The van der Waals surface area contributed by atoms with E-state index in [0.717, 1.165) is 6.54 Å². The van der Waals surface area contributed by atoms with Crippen molar-refractivity contribution < 1.29 is 10.2 Å². The smallest absolute Gasteiger partial charge is 0.0991 e. The summed E-state index contributed by atoms with van der Waals surface area (Å²) in [6, 6.07) is 0. The highest BCUT2D eigenvalue weighted by Gasteiger charge is 2.11. The van der Waals surface area contributed by atoms with Crippen molar-refractivity contribution in [1.82, 2.24) is 0 Å². The molecule has 14 heavy (non-hydrogen) atoms. The lowest BCUT2D eigenvalue weighted by Crippen LogP contribution is -2.26. The standard InChI is InChI=1S/C5H13NO.C2H7NO.C2H7N/c1-5(2,3-6)4-7;1-2(3)4;1-2-3/h7H,3-4,6H2,1-2H3;2,4H,3H2,1H3;2-3H2,1H3. The second-order valence-electron chi connectivity index (χ2n) is 3.68. The molecule has 0 aromatic heterocycles. The average molecular weight is 209 g/mol. The van der Waals surface area contributed by atoms with Crippen molar-refractivity contribution in [3.8, 4) is 0 Å². The largest absolute Gasteiger partial charge is 0.396 e. The predicted molar refractivity (Wildman–Crippen MR) is 60.5 cm³/mol. The van der Waals surface area contributed by atoms with Gasteiger partial charge in [0, 0.05) is 12.0 Å². The molecule has 0 fully saturated rings. The summed E-state index contributed by atoms with van der Waals surface area (Å²) in [5.74, 6) is 0. The molecule has 0 bridgehead atoms. The van der Waals surface area contributed by atoms with Crippen LogP contribution in [0.25, 0.3) is 0 Å². The first kappa shape index (κ1) is 19.4. The topological polar surface area (TPSA) is 119 Å². The fourth-order valence-electron chi connectivity index (χ4n) is 0.0645. The zero-order valence-corrected chi connectivity index (χ0v) is 9.83. The van der Waals surface area contributed by atoms with Crippen LogP contribution < -0.4 is 17.2 Å². The molecule has 90 valence electrons. The summed E-state index contributed by atoms with van der Waals surface area (Å²) in [7, 11) is 0. The highest BCUT2D eigenvalue weighted by atomic mass is 16.3. The van der Waals surface area contributed by atoms with Gasteiger partial charge >= 0.3 is 0 Å². The molecule has 0 amide bonds. The SMILES string of the molecule is CC(C)(CN)CO.CC(N)O.CCN. The van der Waals surface area contributed by atoms with E-state index in [4.69, 9.17) is 21.7 Å². The summed E-state index contributed by atoms with van der Waals surface area (Å²) in [6.45, 7) is 8.72. The molecule has 5 nitrogen and oxygen atoms in total. The highest BCUT2D eigenvalue weighted by molar-refractivity contribution is 4.65.